The van der Waals surface area contributed by atoms with Gasteiger partial charge in [0.1, 0.15) is 5.75 Å². The number of aryl methyl sites for hydroxylation is 1. The van der Waals surface area contributed by atoms with E-state index in [1.54, 1.807) is 18.2 Å². The summed E-state index contributed by atoms with van der Waals surface area (Å²) in [6, 6.07) is 12.8. The number of hydrogen-bond donors (Lipinski definition) is 2. The van der Waals surface area contributed by atoms with Crippen LogP contribution in [0, 0.1) is 6.92 Å². The van der Waals surface area contributed by atoms with Crippen molar-refractivity contribution in [1.82, 2.24) is 5.32 Å². The lowest BCUT2D eigenvalue weighted by atomic mass is 10.1. The first kappa shape index (κ1) is 14.1. The summed E-state index contributed by atoms with van der Waals surface area (Å²) < 4.78 is 5.44. The molecular weight excluding hydrogens is 280 g/mol. The highest BCUT2D eigenvalue weighted by molar-refractivity contribution is 6.00. The summed E-state index contributed by atoms with van der Waals surface area (Å²) in [6.45, 7) is 2.42. The molecule has 0 bridgehead atoms. The summed E-state index contributed by atoms with van der Waals surface area (Å²) in [5.74, 6) is 0.283. The normalized spacial score (nSPS) is 12.5. The minimum absolute atomic E-state index is 0.0767. The fraction of sp³-hybridized carbons (Fsp3) is 0.176. The molecule has 5 heteroatoms. The van der Waals surface area contributed by atoms with Gasteiger partial charge in [-0.05, 0) is 42.3 Å². The molecule has 0 radical (unpaired) electrons. The molecule has 0 unspecified atom stereocenters. The van der Waals surface area contributed by atoms with Gasteiger partial charge in [0.15, 0.2) is 6.61 Å². The van der Waals surface area contributed by atoms with Crippen LogP contribution in [0.2, 0.25) is 0 Å². The number of fused-ring (bicyclic) bond motifs is 1. The molecule has 0 saturated carbocycles. The summed E-state index contributed by atoms with van der Waals surface area (Å²) in [6.07, 6.45) is 0. The first-order chi connectivity index (χ1) is 10.6. The van der Waals surface area contributed by atoms with E-state index in [2.05, 4.69) is 10.6 Å². The maximum absolute atomic E-state index is 11.9. The number of hydrogen-bond acceptors (Lipinski definition) is 3. The van der Waals surface area contributed by atoms with Gasteiger partial charge in [0.25, 0.3) is 11.8 Å². The van der Waals surface area contributed by atoms with Crippen molar-refractivity contribution in [3.8, 4) is 5.75 Å². The van der Waals surface area contributed by atoms with Gasteiger partial charge in [-0.15, -0.1) is 0 Å². The van der Waals surface area contributed by atoms with Gasteiger partial charge in [-0.1, -0.05) is 18.2 Å². The van der Waals surface area contributed by atoms with Gasteiger partial charge in [-0.25, -0.2) is 0 Å². The molecule has 2 aromatic rings. The van der Waals surface area contributed by atoms with Gasteiger partial charge >= 0.3 is 0 Å². The number of rotatable bonds is 4. The number of carbonyl (C=O) groups excluding carboxylic acids is 2. The Kier molecular flexibility index (Phi) is 3.78. The van der Waals surface area contributed by atoms with Crippen LogP contribution in [0.15, 0.2) is 42.5 Å². The highest BCUT2D eigenvalue weighted by Crippen LogP contribution is 2.20. The van der Waals surface area contributed by atoms with Crippen LogP contribution in [0.25, 0.3) is 0 Å². The van der Waals surface area contributed by atoms with E-state index in [0.717, 1.165) is 11.1 Å². The highest BCUT2D eigenvalue weighted by Gasteiger charge is 2.19. The number of nitrogens with one attached hydrogen (secondary N) is 2. The minimum Gasteiger partial charge on any atom is -0.484 e. The van der Waals surface area contributed by atoms with E-state index in [0.29, 0.717) is 23.5 Å². The van der Waals surface area contributed by atoms with Gasteiger partial charge < -0.3 is 15.4 Å². The largest absolute Gasteiger partial charge is 0.484 e. The smallest absolute Gasteiger partial charge is 0.262 e. The maximum atomic E-state index is 11.9. The molecule has 0 spiro atoms. The van der Waals surface area contributed by atoms with E-state index in [4.69, 9.17) is 4.74 Å². The Balaban J connectivity index is 1.60. The van der Waals surface area contributed by atoms with Crippen molar-refractivity contribution in [2.45, 2.75) is 13.5 Å². The second-order valence-electron chi connectivity index (χ2n) is 5.21. The summed E-state index contributed by atoms with van der Waals surface area (Å²) in [7, 11) is 0. The quantitative estimate of drug-likeness (QED) is 0.909. The number of anilines is 1. The fourth-order valence-corrected chi connectivity index (χ4v) is 2.34. The van der Waals surface area contributed by atoms with E-state index in [1.165, 1.54) is 0 Å². The summed E-state index contributed by atoms with van der Waals surface area (Å²) >= 11 is 0. The van der Waals surface area contributed by atoms with E-state index in [-0.39, 0.29) is 18.4 Å². The molecule has 0 fully saturated rings. The SMILES string of the molecule is Cc1cccc(OCC(=O)Nc2ccc3c(c2)C(=O)NC3)c1. The van der Waals surface area contributed by atoms with Crippen LogP contribution in [0.4, 0.5) is 5.69 Å². The first-order valence-electron chi connectivity index (χ1n) is 7.02. The lowest BCUT2D eigenvalue weighted by Gasteiger charge is -2.08. The second kappa shape index (κ2) is 5.89. The first-order valence-corrected chi connectivity index (χ1v) is 7.02. The average Bonchev–Trinajstić information content (AvgIpc) is 2.87. The van der Waals surface area contributed by atoms with Crippen molar-refractivity contribution < 1.29 is 14.3 Å². The highest BCUT2D eigenvalue weighted by atomic mass is 16.5. The number of amides is 2. The van der Waals surface area contributed by atoms with E-state index >= 15 is 0 Å². The third-order valence-electron chi connectivity index (χ3n) is 3.44. The second-order valence-corrected chi connectivity index (χ2v) is 5.21. The van der Waals surface area contributed by atoms with Crippen LogP contribution in [0.5, 0.6) is 5.75 Å². The topological polar surface area (TPSA) is 67.4 Å². The fourth-order valence-electron chi connectivity index (χ4n) is 2.34. The van der Waals surface area contributed by atoms with E-state index in [9.17, 15) is 9.59 Å². The standard InChI is InChI=1S/C17H16N2O3/c1-11-3-2-4-14(7-11)22-10-16(20)19-13-6-5-12-9-18-17(21)15(12)8-13/h2-8H,9-10H2,1H3,(H,18,21)(H,19,20). The molecule has 2 aromatic carbocycles. The lowest BCUT2D eigenvalue weighted by Crippen LogP contribution is -2.20. The summed E-state index contributed by atoms with van der Waals surface area (Å²) in [5, 5.41) is 5.47. The zero-order valence-corrected chi connectivity index (χ0v) is 12.2. The maximum Gasteiger partial charge on any atom is 0.262 e. The molecule has 0 aromatic heterocycles. The molecule has 1 aliphatic heterocycles. The molecular formula is C17H16N2O3. The average molecular weight is 296 g/mol. The lowest BCUT2D eigenvalue weighted by molar-refractivity contribution is -0.118. The van der Waals surface area contributed by atoms with Gasteiger partial charge in [0.2, 0.25) is 0 Å². The van der Waals surface area contributed by atoms with E-state index in [1.807, 2.05) is 31.2 Å². The summed E-state index contributed by atoms with van der Waals surface area (Å²) in [5.41, 5.74) is 3.22. The number of ether oxygens (including phenoxy) is 1. The monoisotopic (exact) mass is 296 g/mol. The Morgan fingerprint density at radius 2 is 2.14 bits per heavy atom. The number of carbonyl (C=O) groups is 2. The zero-order chi connectivity index (χ0) is 15.5. The third-order valence-corrected chi connectivity index (χ3v) is 3.44. The van der Waals surface area contributed by atoms with Gasteiger partial charge in [0.05, 0.1) is 0 Å². The van der Waals surface area contributed by atoms with Crippen molar-refractivity contribution in [1.29, 1.82) is 0 Å². The predicted molar refractivity (Wildman–Crippen MR) is 82.9 cm³/mol. The molecule has 2 amide bonds. The minimum atomic E-state index is -0.264. The Hall–Kier alpha value is -2.82. The molecule has 0 aliphatic carbocycles. The molecule has 2 N–H and O–H groups in total. The molecule has 22 heavy (non-hydrogen) atoms. The Labute approximate surface area is 128 Å². The van der Waals surface area contributed by atoms with Crippen molar-refractivity contribution >= 4 is 17.5 Å². The Morgan fingerprint density at radius 3 is 2.95 bits per heavy atom. The van der Waals surface area contributed by atoms with Gasteiger partial charge in [-0.2, -0.15) is 0 Å². The molecule has 0 saturated heterocycles. The van der Waals surface area contributed by atoms with Crippen molar-refractivity contribution in [3.05, 3.63) is 59.2 Å². The number of benzene rings is 2. The molecule has 3 rings (SSSR count). The Bertz CT molecular complexity index is 740. The van der Waals surface area contributed by atoms with Gasteiger partial charge in [0, 0.05) is 17.8 Å². The third kappa shape index (κ3) is 3.09. The van der Waals surface area contributed by atoms with E-state index < -0.39 is 0 Å². The van der Waals surface area contributed by atoms with Crippen LogP contribution in [-0.2, 0) is 11.3 Å². The van der Waals surface area contributed by atoms with Crippen LogP contribution in [0.3, 0.4) is 0 Å². The van der Waals surface area contributed by atoms with Crippen LogP contribution < -0.4 is 15.4 Å². The predicted octanol–water partition coefficient (Wildman–Crippen LogP) is 2.26. The molecule has 0 atom stereocenters. The van der Waals surface area contributed by atoms with Crippen molar-refractivity contribution in [2.75, 3.05) is 11.9 Å². The molecule has 112 valence electrons. The Morgan fingerprint density at radius 1 is 1.27 bits per heavy atom. The van der Waals surface area contributed by atoms with Crippen molar-refractivity contribution in [2.24, 2.45) is 0 Å². The summed E-state index contributed by atoms with van der Waals surface area (Å²) in [4.78, 5) is 23.5. The van der Waals surface area contributed by atoms with Crippen LogP contribution in [0.1, 0.15) is 21.5 Å². The molecule has 1 heterocycles. The molecule has 1 aliphatic rings. The van der Waals surface area contributed by atoms with Crippen molar-refractivity contribution in [3.63, 3.8) is 0 Å². The molecule has 5 nitrogen and oxygen atoms in total. The zero-order valence-electron chi connectivity index (χ0n) is 12.2. The van der Waals surface area contributed by atoms with Crippen LogP contribution in [-0.4, -0.2) is 18.4 Å². The van der Waals surface area contributed by atoms with Crippen LogP contribution >= 0.6 is 0 Å². The van der Waals surface area contributed by atoms with Gasteiger partial charge in [-0.3, -0.25) is 9.59 Å².